The molecule has 3 nitrogen and oxygen atoms in total. The van der Waals surface area contributed by atoms with Gasteiger partial charge < -0.3 is 0 Å². The number of aliphatic imine (C=N–C) groups is 2. The molecule has 0 radical (unpaired) electrons. The van der Waals surface area contributed by atoms with E-state index in [1.165, 1.54) is 27.8 Å². The summed E-state index contributed by atoms with van der Waals surface area (Å²) in [4.78, 5) is 14.8. The number of allylic oxidation sites excluding steroid dienone is 5. The standard InChI is InChI=1S/C43H43N3/c1-5-43(6-2,38-26-22-35(23-27-38)40-21-13-19-36-20-14-30-44-41(36)40)39-28-24-37(25-29-39)42(45-31(3)33-15-9-7-10-16-33)46-32(4)34-17-11-8-12-18-34/h7,9-11,14-18,20-30H,3,5-6,8,12-13,19H2,1-2,4H3/b45-42-,46-32+. The minimum atomic E-state index is -0.101. The van der Waals surface area contributed by atoms with E-state index in [2.05, 4.69) is 106 Å². The molecule has 1 heterocycles. The lowest BCUT2D eigenvalue weighted by Crippen LogP contribution is -2.26. The van der Waals surface area contributed by atoms with Crippen molar-refractivity contribution in [2.24, 2.45) is 9.98 Å². The van der Waals surface area contributed by atoms with Gasteiger partial charge in [-0.1, -0.05) is 130 Å². The third kappa shape index (κ3) is 6.41. The fourth-order valence-corrected chi connectivity index (χ4v) is 6.83. The number of fused-ring (bicyclic) bond motifs is 1. The molecule has 3 aromatic carbocycles. The molecule has 230 valence electrons. The molecule has 46 heavy (non-hydrogen) atoms. The van der Waals surface area contributed by atoms with Crippen molar-refractivity contribution < 1.29 is 0 Å². The lowest BCUT2D eigenvalue weighted by Gasteiger charge is -2.33. The van der Waals surface area contributed by atoms with Gasteiger partial charge in [0.1, 0.15) is 0 Å². The van der Waals surface area contributed by atoms with Gasteiger partial charge in [0.25, 0.3) is 0 Å². The zero-order valence-electron chi connectivity index (χ0n) is 27.3. The topological polar surface area (TPSA) is 37.6 Å². The summed E-state index contributed by atoms with van der Waals surface area (Å²) in [5, 5.41) is 0. The SMILES string of the molecule is C=C(/N=C(\N=C(/C)C1=CCCC=C1)c1ccc(C(CC)(CC)c2ccc(C3=CCCc4cccnc43)cc2)cc1)c1ccccc1. The first-order chi connectivity index (χ1) is 22.5. The Morgan fingerprint density at radius 2 is 1.48 bits per heavy atom. The van der Waals surface area contributed by atoms with Crippen LogP contribution in [0.2, 0.25) is 0 Å². The molecule has 0 saturated carbocycles. The molecule has 0 saturated heterocycles. The van der Waals surface area contributed by atoms with Gasteiger partial charge in [0.05, 0.1) is 11.4 Å². The molecule has 3 heteroatoms. The van der Waals surface area contributed by atoms with Gasteiger partial charge in [-0.3, -0.25) is 4.98 Å². The van der Waals surface area contributed by atoms with Crippen LogP contribution in [0.1, 0.15) is 91.9 Å². The van der Waals surface area contributed by atoms with E-state index in [1.807, 2.05) is 42.6 Å². The highest BCUT2D eigenvalue weighted by molar-refractivity contribution is 6.13. The van der Waals surface area contributed by atoms with Crippen LogP contribution >= 0.6 is 0 Å². The molecule has 0 atom stereocenters. The molecule has 0 fully saturated rings. The van der Waals surface area contributed by atoms with Crippen molar-refractivity contribution in [2.75, 3.05) is 0 Å². The number of aromatic nitrogens is 1. The van der Waals surface area contributed by atoms with Crippen LogP contribution in [0.25, 0.3) is 11.3 Å². The van der Waals surface area contributed by atoms with Crippen molar-refractivity contribution >= 4 is 22.8 Å². The molecular formula is C43H43N3. The third-order valence-electron chi connectivity index (χ3n) is 9.59. The first-order valence-electron chi connectivity index (χ1n) is 16.6. The number of benzene rings is 3. The highest BCUT2D eigenvalue weighted by atomic mass is 14.9. The summed E-state index contributed by atoms with van der Waals surface area (Å²) < 4.78 is 0. The minimum Gasteiger partial charge on any atom is -0.256 e. The predicted octanol–water partition coefficient (Wildman–Crippen LogP) is 10.7. The molecule has 0 aliphatic heterocycles. The molecule has 0 spiro atoms. The Bertz CT molecular complexity index is 1850. The molecule has 2 aliphatic rings. The van der Waals surface area contributed by atoms with Crippen LogP contribution in [0.15, 0.2) is 144 Å². The van der Waals surface area contributed by atoms with E-state index in [9.17, 15) is 0 Å². The third-order valence-corrected chi connectivity index (χ3v) is 9.59. The largest absolute Gasteiger partial charge is 0.256 e. The van der Waals surface area contributed by atoms with Gasteiger partial charge in [0, 0.05) is 28.5 Å². The van der Waals surface area contributed by atoms with Crippen molar-refractivity contribution in [2.45, 2.75) is 64.7 Å². The van der Waals surface area contributed by atoms with Gasteiger partial charge in [0.15, 0.2) is 5.84 Å². The van der Waals surface area contributed by atoms with E-state index in [4.69, 9.17) is 15.0 Å². The number of amidine groups is 1. The van der Waals surface area contributed by atoms with Crippen LogP contribution in [0.5, 0.6) is 0 Å². The second-order valence-electron chi connectivity index (χ2n) is 12.2. The summed E-state index contributed by atoms with van der Waals surface area (Å²) in [6.45, 7) is 11.0. The predicted molar refractivity (Wildman–Crippen MR) is 195 cm³/mol. The summed E-state index contributed by atoms with van der Waals surface area (Å²) in [6, 6.07) is 32.5. The van der Waals surface area contributed by atoms with E-state index in [0.717, 1.165) is 66.6 Å². The van der Waals surface area contributed by atoms with Crippen molar-refractivity contribution in [3.05, 3.63) is 173 Å². The highest BCUT2D eigenvalue weighted by Gasteiger charge is 2.31. The maximum absolute atomic E-state index is 5.07. The zero-order chi connectivity index (χ0) is 31.9. The van der Waals surface area contributed by atoms with Crippen LogP contribution in [-0.4, -0.2) is 16.5 Å². The molecule has 6 rings (SSSR count). The molecule has 4 aromatic rings. The first-order valence-corrected chi connectivity index (χ1v) is 16.6. The Morgan fingerprint density at radius 1 is 0.761 bits per heavy atom. The second kappa shape index (κ2) is 14.0. The smallest absolute Gasteiger partial charge is 0.160 e. The van der Waals surface area contributed by atoms with E-state index in [0.29, 0.717) is 11.5 Å². The summed E-state index contributed by atoms with van der Waals surface area (Å²) in [7, 11) is 0. The van der Waals surface area contributed by atoms with Crippen LogP contribution in [-0.2, 0) is 11.8 Å². The number of aryl methyl sites for hydroxylation is 1. The maximum Gasteiger partial charge on any atom is 0.160 e. The van der Waals surface area contributed by atoms with Crippen LogP contribution in [0.4, 0.5) is 0 Å². The first kappa shape index (κ1) is 31.1. The van der Waals surface area contributed by atoms with Gasteiger partial charge in [-0.05, 0) is 84.9 Å². The minimum absolute atomic E-state index is 0.101. The van der Waals surface area contributed by atoms with Gasteiger partial charge in [-0.25, -0.2) is 9.98 Å². The summed E-state index contributed by atoms with van der Waals surface area (Å²) in [5.74, 6) is 0.676. The van der Waals surface area contributed by atoms with Crippen LogP contribution in [0, 0.1) is 0 Å². The Balaban J connectivity index is 1.33. The van der Waals surface area contributed by atoms with Crippen molar-refractivity contribution in [3.8, 4) is 0 Å². The quantitative estimate of drug-likeness (QED) is 0.139. The summed E-state index contributed by atoms with van der Waals surface area (Å²) in [6.07, 6.45) is 17.1. The molecule has 1 aromatic heterocycles. The Labute approximate surface area is 274 Å². The summed E-state index contributed by atoms with van der Waals surface area (Å²) >= 11 is 0. The number of hydrogen-bond donors (Lipinski definition) is 0. The molecule has 2 aliphatic carbocycles. The van der Waals surface area contributed by atoms with Crippen molar-refractivity contribution in [1.82, 2.24) is 4.98 Å². The fourth-order valence-electron chi connectivity index (χ4n) is 6.83. The van der Waals surface area contributed by atoms with Gasteiger partial charge >= 0.3 is 0 Å². The average molecular weight is 602 g/mol. The molecule has 0 bridgehead atoms. The van der Waals surface area contributed by atoms with E-state index >= 15 is 0 Å². The van der Waals surface area contributed by atoms with E-state index < -0.39 is 0 Å². The number of nitrogens with zero attached hydrogens (tertiary/aromatic N) is 3. The molecule has 0 N–H and O–H groups in total. The van der Waals surface area contributed by atoms with Crippen LogP contribution < -0.4 is 0 Å². The van der Waals surface area contributed by atoms with Crippen molar-refractivity contribution in [3.63, 3.8) is 0 Å². The highest BCUT2D eigenvalue weighted by Crippen LogP contribution is 2.40. The molecule has 0 amide bonds. The summed E-state index contributed by atoms with van der Waals surface area (Å²) in [5.41, 5.74) is 12.3. The lowest BCUT2D eigenvalue weighted by atomic mass is 9.70. The number of rotatable bonds is 9. The monoisotopic (exact) mass is 601 g/mol. The number of hydrogen-bond acceptors (Lipinski definition) is 2. The normalized spacial score (nSPS) is 15.2. The van der Waals surface area contributed by atoms with Gasteiger partial charge in [-0.2, -0.15) is 0 Å². The van der Waals surface area contributed by atoms with Crippen LogP contribution in [0.3, 0.4) is 0 Å². The average Bonchev–Trinajstić information content (AvgIpc) is 3.13. The Kier molecular flexibility index (Phi) is 9.49. The molecule has 0 unspecified atom stereocenters. The van der Waals surface area contributed by atoms with Gasteiger partial charge in [-0.15, -0.1) is 0 Å². The Morgan fingerprint density at radius 3 is 2.15 bits per heavy atom. The Hall–Kier alpha value is -4.89. The van der Waals surface area contributed by atoms with Gasteiger partial charge in [0.2, 0.25) is 0 Å². The zero-order valence-corrected chi connectivity index (χ0v) is 27.3. The fraction of sp³-hybridized carbons (Fsp3) is 0.233. The molecular weight excluding hydrogens is 558 g/mol. The van der Waals surface area contributed by atoms with Crippen molar-refractivity contribution in [1.29, 1.82) is 0 Å². The number of pyridine rings is 1. The second-order valence-corrected chi connectivity index (χ2v) is 12.2. The van der Waals surface area contributed by atoms with E-state index in [-0.39, 0.29) is 5.41 Å². The van der Waals surface area contributed by atoms with E-state index in [1.54, 1.807) is 0 Å². The lowest BCUT2D eigenvalue weighted by molar-refractivity contribution is 0.478. The maximum atomic E-state index is 5.07.